The fourth-order valence-corrected chi connectivity index (χ4v) is 5.79. The van der Waals surface area contributed by atoms with Crippen molar-refractivity contribution in [2.45, 2.75) is 68.7 Å². The van der Waals surface area contributed by atoms with Crippen LogP contribution in [0.1, 0.15) is 80.0 Å². The predicted molar refractivity (Wildman–Crippen MR) is 209 cm³/mol. The third-order valence-corrected chi connectivity index (χ3v) is 7.56. The Hall–Kier alpha value is -4.76. The van der Waals surface area contributed by atoms with Crippen molar-refractivity contribution in [1.82, 2.24) is 4.57 Å². The molecule has 46 heavy (non-hydrogen) atoms. The summed E-state index contributed by atoms with van der Waals surface area (Å²) in [5.41, 5.74) is 12.5. The molecule has 1 aromatic heterocycles. The SMILES string of the molecule is C=C/C(=C\C(C)C)n1c(C=C)c(/C=C\C)c2cc(Nc3ccc4c(c3)-c3cccc(c3)N4C(/C=C\CC)=C/C)ccc21.CC.CC. The van der Waals surface area contributed by atoms with Crippen LogP contribution in [0.4, 0.5) is 22.7 Å². The summed E-state index contributed by atoms with van der Waals surface area (Å²) in [5.74, 6) is 0.395. The second-order valence-electron chi connectivity index (χ2n) is 10.9. The number of nitrogens with zero attached hydrogens (tertiary/aromatic N) is 2. The van der Waals surface area contributed by atoms with E-state index in [1.165, 1.54) is 33.6 Å². The first-order chi connectivity index (χ1) is 22.4. The first-order valence-corrected chi connectivity index (χ1v) is 16.9. The maximum Gasteiger partial charge on any atom is 0.0542 e. The number of rotatable bonds is 10. The molecule has 4 aromatic rings. The molecular formula is C43H53N3. The minimum Gasteiger partial charge on any atom is -0.355 e. The highest BCUT2D eigenvalue weighted by Gasteiger charge is 2.23. The second-order valence-corrected chi connectivity index (χ2v) is 10.9. The molecule has 0 spiro atoms. The highest BCUT2D eigenvalue weighted by atomic mass is 15.2. The molecule has 0 saturated carbocycles. The first-order valence-electron chi connectivity index (χ1n) is 16.9. The van der Waals surface area contributed by atoms with Crippen molar-refractivity contribution in [3.63, 3.8) is 0 Å². The van der Waals surface area contributed by atoms with Crippen LogP contribution in [0.2, 0.25) is 0 Å². The molecule has 0 atom stereocenters. The normalized spacial score (nSPS) is 12.5. The van der Waals surface area contributed by atoms with Gasteiger partial charge in [0, 0.05) is 45.0 Å². The largest absolute Gasteiger partial charge is 0.355 e. The fourth-order valence-electron chi connectivity index (χ4n) is 5.79. The molecule has 0 saturated heterocycles. The summed E-state index contributed by atoms with van der Waals surface area (Å²) < 4.78 is 2.26. The molecule has 3 nitrogen and oxygen atoms in total. The van der Waals surface area contributed by atoms with Crippen LogP contribution < -0.4 is 10.2 Å². The quantitative estimate of drug-likeness (QED) is 0.180. The Morgan fingerprint density at radius 3 is 2.24 bits per heavy atom. The summed E-state index contributed by atoms with van der Waals surface area (Å²) in [6, 6.07) is 22.0. The topological polar surface area (TPSA) is 20.2 Å². The number of hydrogen-bond acceptors (Lipinski definition) is 2. The van der Waals surface area contributed by atoms with Crippen molar-refractivity contribution in [2.75, 3.05) is 10.2 Å². The van der Waals surface area contributed by atoms with Gasteiger partial charge < -0.3 is 14.8 Å². The first kappa shape index (κ1) is 35.7. The van der Waals surface area contributed by atoms with Crippen LogP contribution in [0.25, 0.3) is 39.9 Å². The van der Waals surface area contributed by atoms with Crippen molar-refractivity contribution in [3.05, 3.63) is 127 Å². The van der Waals surface area contributed by atoms with E-state index in [1.54, 1.807) is 0 Å². The van der Waals surface area contributed by atoms with Crippen molar-refractivity contribution >= 4 is 51.5 Å². The van der Waals surface area contributed by atoms with E-state index >= 15 is 0 Å². The van der Waals surface area contributed by atoms with Crippen LogP contribution in [0.3, 0.4) is 0 Å². The number of allylic oxidation sites excluding steroid dienone is 7. The van der Waals surface area contributed by atoms with Crippen molar-refractivity contribution in [3.8, 4) is 11.1 Å². The Kier molecular flexibility index (Phi) is 13.3. The average Bonchev–Trinajstić information content (AvgIpc) is 3.39. The van der Waals surface area contributed by atoms with E-state index in [0.29, 0.717) is 5.92 Å². The van der Waals surface area contributed by atoms with Crippen LogP contribution in [0, 0.1) is 5.92 Å². The Bertz CT molecular complexity index is 1770. The maximum absolute atomic E-state index is 4.16. The molecule has 2 bridgehead atoms. The molecule has 3 aromatic carbocycles. The smallest absolute Gasteiger partial charge is 0.0542 e. The van der Waals surface area contributed by atoms with Crippen LogP contribution in [-0.2, 0) is 0 Å². The van der Waals surface area contributed by atoms with Crippen LogP contribution in [0.5, 0.6) is 0 Å². The van der Waals surface area contributed by atoms with Crippen LogP contribution in [0.15, 0.2) is 116 Å². The van der Waals surface area contributed by atoms with Gasteiger partial charge in [-0.2, -0.15) is 0 Å². The number of anilines is 4. The lowest BCUT2D eigenvalue weighted by Crippen LogP contribution is -2.18. The molecule has 3 heteroatoms. The van der Waals surface area contributed by atoms with E-state index in [4.69, 9.17) is 0 Å². The molecule has 1 aliphatic heterocycles. The van der Waals surface area contributed by atoms with E-state index < -0.39 is 0 Å². The highest BCUT2D eigenvalue weighted by Crippen LogP contribution is 2.45. The molecule has 1 aliphatic rings. The fraction of sp³-hybridized carbons (Fsp3) is 0.256. The van der Waals surface area contributed by atoms with Crippen molar-refractivity contribution in [2.24, 2.45) is 5.92 Å². The maximum atomic E-state index is 4.16. The van der Waals surface area contributed by atoms with Gasteiger partial charge in [0.1, 0.15) is 0 Å². The molecule has 1 N–H and O–H groups in total. The average molecular weight is 612 g/mol. The van der Waals surface area contributed by atoms with E-state index in [1.807, 2.05) is 39.8 Å². The number of nitrogens with one attached hydrogen (secondary N) is 1. The van der Waals surface area contributed by atoms with Gasteiger partial charge in [-0.1, -0.05) is 104 Å². The van der Waals surface area contributed by atoms with E-state index in [-0.39, 0.29) is 0 Å². The zero-order chi connectivity index (χ0) is 33.8. The lowest BCUT2D eigenvalue weighted by molar-refractivity contribution is 0.828. The minimum atomic E-state index is 0.395. The lowest BCUT2D eigenvalue weighted by atomic mass is 9.96. The van der Waals surface area contributed by atoms with Crippen molar-refractivity contribution in [1.29, 1.82) is 0 Å². The number of fused-ring (bicyclic) bond motifs is 5. The van der Waals surface area contributed by atoms with Crippen LogP contribution in [-0.4, -0.2) is 4.57 Å². The summed E-state index contributed by atoms with van der Waals surface area (Å²) in [4.78, 5) is 2.34. The molecule has 0 amide bonds. The number of hydrogen-bond donors (Lipinski definition) is 1. The molecule has 0 fully saturated rings. The third kappa shape index (κ3) is 7.37. The molecule has 5 rings (SSSR count). The number of aromatic nitrogens is 1. The van der Waals surface area contributed by atoms with E-state index in [9.17, 15) is 0 Å². The second kappa shape index (κ2) is 17.1. The van der Waals surface area contributed by atoms with E-state index in [2.05, 4.69) is 160 Å². The predicted octanol–water partition coefficient (Wildman–Crippen LogP) is 13.8. The van der Waals surface area contributed by atoms with Crippen LogP contribution >= 0.6 is 0 Å². The zero-order valence-electron chi connectivity index (χ0n) is 29.5. The molecule has 2 heterocycles. The highest BCUT2D eigenvalue weighted by molar-refractivity contribution is 5.99. The summed E-state index contributed by atoms with van der Waals surface area (Å²) in [7, 11) is 0. The lowest BCUT2D eigenvalue weighted by Gasteiger charge is -2.32. The summed E-state index contributed by atoms with van der Waals surface area (Å²) in [6.45, 7) is 27.0. The number of benzene rings is 3. The van der Waals surface area contributed by atoms with Gasteiger partial charge in [-0.3, -0.25) is 0 Å². The molecular weight excluding hydrogens is 558 g/mol. The molecule has 0 unspecified atom stereocenters. The Balaban J connectivity index is 0.00000139. The van der Waals surface area contributed by atoms with Gasteiger partial charge in [0.2, 0.25) is 0 Å². The summed E-state index contributed by atoms with van der Waals surface area (Å²) in [6.07, 6.45) is 18.0. The Morgan fingerprint density at radius 1 is 0.891 bits per heavy atom. The van der Waals surface area contributed by atoms with Gasteiger partial charge in [0.25, 0.3) is 0 Å². The Labute approximate surface area is 278 Å². The van der Waals surface area contributed by atoms with Gasteiger partial charge in [0.05, 0.1) is 16.9 Å². The molecule has 240 valence electrons. The van der Waals surface area contributed by atoms with Crippen molar-refractivity contribution < 1.29 is 0 Å². The minimum absolute atomic E-state index is 0.395. The van der Waals surface area contributed by atoms with Gasteiger partial charge in [0.15, 0.2) is 0 Å². The van der Waals surface area contributed by atoms with Gasteiger partial charge in [-0.05, 0) is 98.5 Å². The molecule has 0 aliphatic carbocycles. The summed E-state index contributed by atoms with van der Waals surface area (Å²) >= 11 is 0. The van der Waals surface area contributed by atoms with Gasteiger partial charge >= 0.3 is 0 Å². The monoisotopic (exact) mass is 611 g/mol. The zero-order valence-corrected chi connectivity index (χ0v) is 29.5. The van der Waals surface area contributed by atoms with Gasteiger partial charge in [-0.15, -0.1) is 0 Å². The Morgan fingerprint density at radius 2 is 1.61 bits per heavy atom. The van der Waals surface area contributed by atoms with E-state index in [0.717, 1.165) is 40.3 Å². The summed E-state index contributed by atoms with van der Waals surface area (Å²) in [5, 5.41) is 4.87. The standard InChI is InChI=1S/C39H41N3.2C2H6/c1-8-13-17-31(10-3)41-33-18-14-16-28(24-33)35-25-29(19-21-38(35)41)40-30-20-22-39-36(26-30)34(15-9-2)37(12-5)42(39)32(11-4)23-27(6)7;2*1-2/h9-27,40H,4-5,8H2,1-3,6-7H3;2*1-2H3/b15-9-,17-13-,31-10+,32-23+;;. The molecule has 0 radical (unpaired) electrons. The van der Waals surface area contributed by atoms with Gasteiger partial charge in [-0.25, -0.2) is 0 Å². The third-order valence-electron chi connectivity index (χ3n) is 7.56.